The Labute approximate surface area is 66.4 Å². The average Bonchev–Trinajstić information content (AvgIpc) is 2.07. The van der Waals surface area contributed by atoms with Gasteiger partial charge < -0.3 is 0 Å². The molecule has 3 heteroatoms. The molecule has 0 spiro atoms. The molecule has 0 unspecified atom stereocenters. The molecule has 1 aromatic heterocycles. The van der Waals surface area contributed by atoms with Gasteiger partial charge in [-0.25, -0.2) is 4.98 Å². The largest absolute Gasteiger partial charge is 0.251 e. The molecule has 0 N–H and O–H groups in total. The summed E-state index contributed by atoms with van der Waals surface area (Å²) in [7, 11) is 1.86. The maximum atomic E-state index is 4.11. The summed E-state index contributed by atoms with van der Waals surface area (Å²) in [4.78, 5) is 4.11. The topological polar surface area (TPSA) is 28.5 Å². The van der Waals surface area contributed by atoms with Crippen LogP contribution in [0.3, 0.4) is 0 Å². The normalized spacial score (nSPS) is 10.4. The van der Waals surface area contributed by atoms with Crippen molar-refractivity contribution in [2.24, 2.45) is 5.10 Å². The quantitative estimate of drug-likeness (QED) is 0.471. The van der Waals surface area contributed by atoms with Crippen LogP contribution in [-0.2, 0) is 0 Å². The SMILES string of the molecule is C/C=N\N(C)c1ccccn1. The summed E-state index contributed by atoms with van der Waals surface area (Å²) in [6.45, 7) is 1.87. The Hall–Kier alpha value is -1.38. The van der Waals surface area contributed by atoms with Gasteiger partial charge in [0.15, 0.2) is 0 Å². The lowest BCUT2D eigenvalue weighted by Gasteiger charge is -2.09. The van der Waals surface area contributed by atoms with Gasteiger partial charge in [-0.1, -0.05) is 6.07 Å². The molecule has 0 aliphatic rings. The Balaban J connectivity index is 2.76. The van der Waals surface area contributed by atoms with Gasteiger partial charge in [0.25, 0.3) is 0 Å². The van der Waals surface area contributed by atoms with Gasteiger partial charge in [-0.05, 0) is 19.1 Å². The van der Waals surface area contributed by atoms with Gasteiger partial charge in [-0.3, -0.25) is 5.01 Å². The second-order valence-corrected chi connectivity index (χ2v) is 2.09. The van der Waals surface area contributed by atoms with Gasteiger partial charge in [-0.15, -0.1) is 0 Å². The van der Waals surface area contributed by atoms with E-state index in [1.807, 2.05) is 32.2 Å². The lowest BCUT2D eigenvalue weighted by molar-refractivity contribution is 0.982. The van der Waals surface area contributed by atoms with Crippen LogP contribution < -0.4 is 5.01 Å². The van der Waals surface area contributed by atoms with Gasteiger partial charge in [0.1, 0.15) is 5.82 Å². The number of hydrogen-bond donors (Lipinski definition) is 0. The summed E-state index contributed by atoms with van der Waals surface area (Å²) in [5.74, 6) is 0.852. The molecule has 0 aromatic carbocycles. The number of pyridine rings is 1. The van der Waals surface area contributed by atoms with Gasteiger partial charge in [0, 0.05) is 19.5 Å². The van der Waals surface area contributed by atoms with E-state index in [0.717, 1.165) is 5.82 Å². The van der Waals surface area contributed by atoms with E-state index in [4.69, 9.17) is 0 Å². The monoisotopic (exact) mass is 149 g/mol. The van der Waals surface area contributed by atoms with E-state index in [1.165, 1.54) is 0 Å². The summed E-state index contributed by atoms with van der Waals surface area (Å²) in [5.41, 5.74) is 0. The van der Waals surface area contributed by atoms with E-state index < -0.39 is 0 Å². The van der Waals surface area contributed by atoms with Crippen molar-refractivity contribution in [2.75, 3.05) is 12.1 Å². The maximum Gasteiger partial charge on any atom is 0.148 e. The van der Waals surface area contributed by atoms with E-state index in [-0.39, 0.29) is 0 Å². The highest BCUT2D eigenvalue weighted by atomic mass is 15.5. The first-order valence-electron chi connectivity index (χ1n) is 3.48. The summed E-state index contributed by atoms with van der Waals surface area (Å²) in [6, 6.07) is 5.73. The van der Waals surface area contributed by atoms with Crippen molar-refractivity contribution in [1.82, 2.24) is 4.98 Å². The molecule has 0 aliphatic carbocycles. The van der Waals surface area contributed by atoms with Crippen molar-refractivity contribution in [3.63, 3.8) is 0 Å². The zero-order chi connectivity index (χ0) is 8.10. The predicted molar refractivity (Wildman–Crippen MR) is 46.8 cm³/mol. The highest BCUT2D eigenvalue weighted by Gasteiger charge is 1.94. The molecule has 0 atom stereocenters. The van der Waals surface area contributed by atoms with Gasteiger partial charge in [0.2, 0.25) is 0 Å². The van der Waals surface area contributed by atoms with Crippen LogP contribution in [0.15, 0.2) is 29.5 Å². The van der Waals surface area contributed by atoms with Gasteiger partial charge in [0.05, 0.1) is 0 Å². The minimum atomic E-state index is 0.852. The molecule has 3 nitrogen and oxygen atoms in total. The average molecular weight is 149 g/mol. The standard InChI is InChI=1S/C8H11N3/c1-3-10-11(2)8-6-4-5-7-9-8/h3-7H,1-2H3/b10-3-. The van der Waals surface area contributed by atoms with Crippen LogP contribution in [0.4, 0.5) is 5.82 Å². The molecular weight excluding hydrogens is 138 g/mol. The fourth-order valence-corrected chi connectivity index (χ4v) is 0.778. The highest BCUT2D eigenvalue weighted by Crippen LogP contribution is 2.05. The number of aromatic nitrogens is 1. The number of hydrogen-bond acceptors (Lipinski definition) is 3. The van der Waals surface area contributed by atoms with E-state index in [2.05, 4.69) is 10.1 Å². The Morgan fingerprint density at radius 1 is 1.55 bits per heavy atom. The van der Waals surface area contributed by atoms with Crippen molar-refractivity contribution >= 4 is 12.0 Å². The zero-order valence-electron chi connectivity index (χ0n) is 6.73. The van der Waals surface area contributed by atoms with Crippen LogP contribution in [0.25, 0.3) is 0 Å². The highest BCUT2D eigenvalue weighted by molar-refractivity contribution is 5.55. The first-order chi connectivity index (χ1) is 5.34. The van der Waals surface area contributed by atoms with Crippen LogP contribution in [0, 0.1) is 0 Å². The van der Waals surface area contributed by atoms with Crippen LogP contribution in [0.1, 0.15) is 6.92 Å². The number of nitrogens with zero attached hydrogens (tertiary/aromatic N) is 3. The van der Waals surface area contributed by atoms with Crippen LogP contribution >= 0.6 is 0 Å². The molecule has 0 radical (unpaired) electrons. The third-order valence-electron chi connectivity index (χ3n) is 1.27. The van der Waals surface area contributed by atoms with E-state index in [1.54, 1.807) is 17.4 Å². The lowest BCUT2D eigenvalue weighted by atomic mass is 10.5. The summed E-state index contributed by atoms with van der Waals surface area (Å²) < 4.78 is 0. The van der Waals surface area contributed by atoms with Crippen molar-refractivity contribution in [1.29, 1.82) is 0 Å². The van der Waals surface area contributed by atoms with Crippen LogP contribution in [-0.4, -0.2) is 18.2 Å². The molecule has 0 aliphatic heterocycles. The minimum absolute atomic E-state index is 0.852. The Bertz CT molecular complexity index is 230. The molecule has 58 valence electrons. The molecule has 0 fully saturated rings. The molecule has 11 heavy (non-hydrogen) atoms. The molecule has 1 rings (SSSR count). The minimum Gasteiger partial charge on any atom is -0.251 e. The van der Waals surface area contributed by atoms with E-state index in [0.29, 0.717) is 0 Å². The van der Waals surface area contributed by atoms with Crippen molar-refractivity contribution < 1.29 is 0 Å². The van der Waals surface area contributed by atoms with Gasteiger partial charge in [-0.2, -0.15) is 5.10 Å². The zero-order valence-corrected chi connectivity index (χ0v) is 6.73. The molecule has 0 bridgehead atoms. The fraction of sp³-hybridized carbons (Fsp3) is 0.250. The van der Waals surface area contributed by atoms with Crippen molar-refractivity contribution in [3.8, 4) is 0 Å². The second kappa shape index (κ2) is 3.71. The second-order valence-electron chi connectivity index (χ2n) is 2.09. The third kappa shape index (κ3) is 2.04. The number of rotatable bonds is 2. The van der Waals surface area contributed by atoms with Crippen molar-refractivity contribution in [2.45, 2.75) is 6.92 Å². The molecule has 1 aromatic rings. The molecule has 0 saturated heterocycles. The lowest BCUT2D eigenvalue weighted by Crippen LogP contribution is -2.09. The number of hydrazone groups is 1. The summed E-state index contributed by atoms with van der Waals surface area (Å²) in [5, 5.41) is 5.76. The fourth-order valence-electron chi connectivity index (χ4n) is 0.778. The maximum absolute atomic E-state index is 4.11. The predicted octanol–water partition coefficient (Wildman–Crippen LogP) is 1.52. The van der Waals surface area contributed by atoms with Crippen molar-refractivity contribution in [3.05, 3.63) is 24.4 Å². The Morgan fingerprint density at radius 3 is 2.91 bits per heavy atom. The first-order valence-corrected chi connectivity index (χ1v) is 3.48. The molecule has 1 heterocycles. The molecular formula is C8H11N3. The molecule has 0 saturated carbocycles. The first kappa shape index (κ1) is 7.72. The van der Waals surface area contributed by atoms with E-state index >= 15 is 0 Å². The summed E-state index contributed by atoms with van der Waals surface area (Å²) >= 11 is 0. The summed E-state index contributed by atoms with van der Waals surface area (Å²) in [6.07, 6.45) is 3.48. The third-order valence-corrected chi connectivity index (χ3v) is 1.27. The number of anilines is 1. The van der Waals surface area contributed by atoms with Crippen LogP contribution in [0.2, 0.25) is 0 Å². The van der Waals surface area contributed by atoms with Gasteiger partial charge >= 0.3 is 0 Å². The van der Waals surface area contributed by atoms with Crippen LogP contribution in [0.5, 0.6) is 0 Å². The smallest absolute Gasteiger partial charge is 0.148 e. The Morgan fingerprint density at radius 2 is 2.36 bits per heavy atom. The van der Waals surface area contributed by atoms with E-state index in [9.17, 15) is 0 Å². The molecule has 0 amide bonds. The Kier molecular flexibility index (Phi) is 2.60.